The quantitative estimate of drug-likeness (QED) is 0.0622. The maximum Gasteiger partial charge on any atom is 0.573 e. The smallest absolute Gasteiger partial charge is 0.478 e. The number of nitrogens with one attached hydrogen (secondary N) is 2. The number of anilines is 2. The van der Waals surface area contributed by atoms with Crippen molar-refractivity contribution in [1.82, 2.24) is 18.8 Å². The Balaban J connectivity index is 0.000000224. The van der Waals surface area contributed by atoms with Crippen LogP contribution in [-0.4, -0.2) is 81.1 Å². The Kier molecular flexibility index (Phi) is 16.4. The molecule has 0 fully saturated rings. The SMILES string of the molecule is COC(=O)c1ccc(-c2cnc3c(NCCC(F)(F)F)cc(Oc4cccc(OC(F)(F)F)c4)cn23)cc1C.Cc1cc(-c2cnc3c(NCCC(F)(F)F)cc(Oc4cccc(OC(F)(F)F)c4)cn23)ccc1C(=O)O. The zero-order chi connectivity index (χ0) is 56.0. The fourth-order valence-corrected chi connectivity index (χ4v) is 7.57. The average Bonchev–Trinajstić information content (AvgIpc) is 4.01. The number of carboxylic acids is 1. The predicted octanol–water partition coefficient (Wildman–Crippen LogP) is 14.2. The molecule has 8 aromatic rings. The number of aromatic carboxylic acids is 1. The van der Waals surface area contributed by atoms with E-state index in [1.165, 1.54) is 78.8 Å². The number of carboxylic acid groups (broad SMARTS) is 1. The molecule has 0 aliphatic heterocycles. The number of nitrogens with zero attached hydrogens (tertiary/aromatic N) is 4. The van der Waals surface area contributed by atoms with E-state index >= 15 is 0 Å². The minimum atomic E-state index is -4.91. The van der Waals surface area contributed by atoms with Crippen molar-refractivity contribution in [2.24, 2.45) is 0 Å². The standard InChI is InChI=1S/C26H21F6N3O4.C25H19F6N3O4/c1-15-10-16(6-7-20(15)24(36)37-2)22-13-34-23-21(33-9-8-25(27,28)29)12-19(14-35(22)23)38-17-4-3-5-18(11-17)39-26(30,31)32;1-14-9-15(5-6-19(14)23(35)36)21-12-33-22-20(32-8-7-24(26,27)28)11-18(13-34(21)22)37-16-3-2-4-17(10-16)38-25(29,30)31/h3-7,10-14,33H,8-9H2,1-2H3;2-6,9-13,32H,7-8H2,1H3,(H,35,36). The average molecular weight is 1090 g/mol. The monoisotopic (exact) mass is 1090 g/mol. The van der Waals surface area contributed by atoms with Crippen molar-refractivity contribution in [1.29, 1.82) is 0 Å². The number of pyridine rings is 2. The Morgan fingerprint density at radius 2 is 0.948 bits per heavy atom. The molecule has 0 radical (unpaired) electrons. The first-order valence-corrected chi connectivity index (χ1v) is 22.4. The van der Waals surface area contributed by atoms with Gasteiger partial charge in [0.1, 0.15) is 34.5 Å². The highest BCUT2D eigenvalue weighted by Gasteiger charge is 2.33. The number of aromatic nitrogens is 4. The van der Waals surface area contributed by atoms with Crippen LogP contribution >= 0.6 is 0 Å². The molecule has 3 N–H and O–H groups in total. The molecule has 4 aromatic heterocycles. The van der Waals surface area contributed by atoms with Crippen LogP contribution in [0.3, 0.4) is 0 Å². The number of aryl methyl sites for hydroxylation is 2. The van der Waals surface area contributed by atoms with Gasteiger partial charge in [0.15, 0.2) is 11.3 Å². The van der Waals surface area contributed by atoms with Crippen molar-refractivity contribution in [3.63, 3.8) is 0 Å². The van der Waals surface area contributed by atoms with Crippen LogP contribution in [0, 0.1) is 13.8 Å². The second-order valence-electron chi connectivity index (χ2n) is 16.5. The third-order valence-corrected chi connectivity index (χ3v) is 10.8. The van der Waals surface area contributed by atoms with E-state index in [-0.39, 0.29) is 51.2 Å². The molecule has 0 unspecified atom stereocenters. The van der Waals surface area contributed by atoms with E-state index in [0.717, 1.165) is 24.3 Å². The Morgan fingerprint density at radius 3 is 1.31 bits per heavy atom. The fourth-order valence-electron chi connectivity index (χ4n) is 7.57. The van der Waals surface area contributed by atoms with Gasteiger partial charge in [-0.25, -0.2) is 19.6 Å². The zero-order valence-corrected chi connectivity index (χ0v) is 40.0. The number of hydrogen-bond donors (Lipinski definition) is 3. The minimum Gasteiger partial charge on any atom is -0.478 e. The number of methoxy groups -OCH3 is 1. The summed E-state index contributed by atoms with van der Waals surface area (Å²) in [6.07, 6.45) is -14.9. The number of ether oxygens (including phenoxy) is 5. The number of esters is 1. The van der Waals surface area contributed by atoms with Crippen LogP contribution in [0.5, 0.6) is 34.5 Å². The van der Waals surface area contributed by atoms with Crippen LogP contribution in [0.25, 0.3) is 33.8 Å². The first-order chi connectivity index (χ1) is 36.1. The molecule has 0 aliphatic carbocycles. The first-order valence-electron chi connectivity index (χ1n) is 22.4. The summed E-state index contributed by atoms with van der Waals surface area (Å²) < 4.78 is 179. The van der Waals surface area contributed by atoms with E-state index in [1.807, 2.05) is 0 Å². The second-order valence-corrected chi connectivity index (χ2v) is 16.5. The van der Waals surface area contributed by atoms with Crippen molar-refractivity contribution < 1.29 is 91.1 Å². The number of halogens is 12. The highest BCUT2D eigenvalue weighted by Crippen LogP contribution is 2.37. The summed E-state index contributed by atoms with van der Waals surface area (Å²) in [7, 11) is 1.26. The molecular weight excluding hydrogens is 1050 g/mol. The lowest BCUT2D eigenvalue weighted by atomic mass is 10.0. The lowest BCUT2D eigenvalue weighted by Gasteiger charge is -2.14. The summed E-state index contributed by atoms with van der Waals surface area (Å²) >= 11 is 0. The molecule has 0 atom stereocenters. The van der Waals surface area contributed by atoms with Crippen LogP contribution in [0.4, 0.5) is 64.1 Å². The van der Waals surface area contributed by atoms with E-state index in [0.29, 0.717) is 39.2 Å². The van der Waals surface area contributed by atoms with Gasteiger partial charge in [0, 0.05) is 48.5 Å². The normalized spacial score (nSPS) is 11.9. The summed E-state index contributed by atoms with van der Waals surface area (Å²) in [6, 6.07) is 21.9. The van der Waals surface area contributed by atoms with E-state index in [4.69, 9.17) is 14.2 Å². The van der Waals surface area contributed by atoms with Gasteiger partial charge in [0.05, 0.1) is 78.6 Å². The van der Waals surface area contributed by atoms with E-state index in [2.05, 4.69) is 30.1 Å². The summed E-state index contributed by atoms with van der Waals surface area (Å²) in [4.78, 5) is 32.0. The van der Waals surface area contributed by atoms with Crippen LogP contribution in [-0.2, 0) is 4.74 Å². The molecule has 0 bridgehead atoms. The van der Waals surface area contributed by atoms with Gasteiger partial charge in [0.2, 0.25) is 0 Å². The summed E-state index contributed by atoms with van der Waals surface area (Å²) in [5, 5.41) is 14.7. The van der Waals surface area contributed by atoms with Crippen molar-refractivity contribution in [3.8, 4) is 57.0 Å². The predicted molar refractivity (Wildman–Crippen MR) is 254 cm³/mol. The van der Waals surface area contributed by atoms with Gasteiger partial charge in [-0.15, -0.1) is 26.3 Å². The Morgan fingerprint density at radius 1 is 0.545 bits per heavy atom. The van der Waals surface area contributed by atoms with Crippen molar-refractivity contribution in [2.45, 2.75) is 51.8 Å². The van der Waals surface area contributed by atoms with Crippen molar-refractivity contribution in [3.05, 3.63) is 144 Å². The van der Waals surface area contributed by atoms with Gasteiger partial charge in [-0.05, 0) is 73.5 Å². The van der Waals surface area contributed by atoms with Crippen LogP contribution < -0.4 is 29.6 Å². The molecule has 8 rings (SSSR count). The molecule has 4 aromatic carbocycles. The summed E-state index contributed by atoms with van der Waals surface area (Å²) in [5.74, 6) is -2.48. The van der Waals surface area contributed by atoms with E-state index < -0.39 is 74.4 Å². The van der Waals surface area contributed by atoms with Crippen molar-refractivity contribution in [2.75, 3.05) is 30.8 Å². The molecule has 0 aliphatic rings. The molecule has 406 valence electrons. The number of carbonyl (C=O) groups is 2. The van der Waals surface area contributed by atoms with Gasteiger partial charge >= 0.3 is 37.0 Å². The number of hydrogen-bond acceptors (Lipinski definition) is 11. The maximum atomic E-state index is 12.8. The van der Waals surface area contributed by atoms with Gasteiger partial charge in [-0.2, -0.15) is 26.3 Å². The largest absolute Gasteiger partial charge is 0.573 e. The highest BCUT2D eigenvalue weighted by atomic mass is 19.4. The zero-order valence-electron chi connectivity index (χ0n) is 40.0. The highest BCUT2D eigenvalue weighted by molar-refractivity contribution is 5.92. The van der Waals surface area contributed by atoms with Crippen LogP contribution in [0.1, 0.15) is 44.7 Å². The Bertz CT molecular complexity index is 3430. The number of imidazole rings is 2. The lowest BCUT2D eigenvalue weighted by molar-refractivity contribution is -0.275. The Labute approximate surface area is 427 Å². The number of benzene rings is 4. The van der Waals surface area contributed by atoms with Gasteiger partial charge < -0.3 is 39.4 Å². The summed E-state index contributed by atoms with van der Waals surface area (Å²) in [6.45, 7) is 2.41. The van der Waals surface area contributed by atoms with Crippen LogP contribution in [0.2, 0.25) is 0 Å². The molecule has 77 heavy (non-hydrogen) atoms. The van der Waals surface area contributed by atoms with Gasteiger partial charge in [-0.3, -0.25) is 8.80 Å². The maximum absolute atomic E-state index is 12.8. The lowest BCUT2D eigenvalue weighted by Crippen LogP contribution is -2.17. The van der Waals surface area contributed by atoms with Crippen LogP contribution in [0.15, 0.2) is 122 Å². The second kappa shape index (κ2) is 22.6. The third kappa shape index (κ3) is 15.2. The fraction of sp³-hybridized carbons (Fsp3) is 0.216. The molecular formula is C51H40F12N6O8. The van der Waals surface area contributed by atoms with E-state index in [9.17, 15) is 67.4 Å². The molecule has 0 saturated heterocycles. The number of rotatable bonds is 16. The van der Waals surface area contributed by atoms with E-state index in [1.54, 1.807) is 48.6 Å². The number of fused-ring (bicyclic) bond motifs is 2. The molecule has 14 nitrogen and oxygen atoms in total. The summed E-state index contributed by atoms with van der Waals surface area (Å²) in [5.41, 5.74) is 4.65. The van der Waals surface area contributed by atoms with Crippen molar-refractivity contribution >= 4 is 34.6 Å². The Hall–Kier alpha value is -8.84. The molecule has 4 heterocycles. The molecule has 0 saturated carbocycles. The van der Waals surface area contributed by atoms with Gasteiger partial charge in [-0.1, -0.05) is 24.3 Å². The first kappa shape index (κ1) is 55.9. The molecule has 0 amide bonds. The minimum absolute atomic E-state index is 0.00252. The topological polar surface area (TPSA) is 159 Å². The number of carbonyl (C=O) groups excluding carboxylic acids is 1. The third-order valence-electron chi connectivity index (χ3n) is 10.8. The molecule has 26 heteroatoms. The number of alkyl halides is 12. The van der Waals surface area contributed by atoms with Gasteiger partial charge in [0.25, 0.3) is 0 Å². The molecule has 0 spiro atoms.